The van der Waals surface area contributed by atoms with Crippen molar-refractivity contribution >= 4 is 11.8 Å². The minimum absolute atomic E-state index is 0.00110. The lowest BCUT2D eigenvalue weighted by atomic mass is 9.66. The SMILES string of the molecule is CC1CCCC2CC(C(=O)NC3CCC4CCC(C(=O)N5CCN(C)CC5)CC4C3)NC12. The molecule has 0 radical (unpaired) electrons. The number of piperazine rings is 1. The summed E-state index contributed by atoms with van der Waals surface area (Å²) in [6, 6.07) is 0.833. The fourth-order valence-electron chi connectivity index (χ4n) is 7.71. The van der Waals surface area contributed by atoms with Crippen LogP contribution in [-0.2, 0) is 9.59 Å². The fourth-order valence-corrected chi connectivity index (χ4v) is 7.71. The van der Waals surface area contributed by atoms with Gasteiger partial charge in [0.05, 0.1) is 6.04 Å². The molecule has 0 aromatic carbocycles. The summed E-state index contributed by atoms with van der Waals surface area (Å²) in [5, 5.41) is 7.11. The normalized spacial score (nSPS) is 42.8. The largest absolute Gasteiger partial charge is 0.352 e. The topological polar surface area (TPSA) is 64.7 Å². The second-order valence-electron chi connectivity index (χ2n) is 11.8. The second-order valence-corrected chi connectivity index (χ2v) is 11.8. The first-order chi connectivity index (χ1) is 15.5. The average molecular weight is 445 g/mol. The zero-order chi connectivity index (χ0) is 22.2. The summed E-state index contributed by atoms with van der Waals surface area (Å²) in [4.78, 5) is 30.7. The molecular formula is C26H44N4O2. The summed E-state index contributed by atoms with van der Waals surface area (Å²) in [7, 11) is 2.14. The molecule has 2 aliphatic heterocycles. The van der Waals surface area contributed by atoms with Gasteiger partial charge in [-0.2, -0.15) is 0 Å². The minimum Gasteiger partial charge on any atom is -0.352 e. The molecule has 6 nitrogen and oxygen atoms in total. The van der Waals surface area contributed by atoms with Crippen LogP contribution in [0.5, 0.6) is 0 Å². The Morgan fingerprint density at radius 3 is 2.41 bits per heavy atom. The fraction of sp³-hybridized carbons (Fsp3) is 0.923. The molecule has 0 spiro atoms. The lowest BCUT2D eigenvalue weighted by molar-refractivity contribution is -0.139. The van der Waals surface area contributed by atoms with Gasteiger partial charge in [-0.15, -0.1) is 0 Å². The van der Waals surface area contributed by atoms with Gasteiger partial charge in [0.15, 0.2) is 0 Å². The quantitative estimate of drug-likeness (QED) is 0.702. The molecule has 3 aliphatic carbocycles. The molecule has 5 aliphatic rings. The Hall–Kier alpha value is -1.14. The van der Waals surface area contributed by atoms with Crippen LogP contribution in [0, 0.1) is 29.6 Å². The molecule has 2 N–H and O–H groups in total. The molecule has 5 rings (SSSR count). The molecule has 0 aromatic rings. The molecule has 32 heavy (non-hydrogen) atoms. The van der Waals surface area contributed by atoms with Crippen LogP contribution in [-0.4, -0.2) is 73.0 Å². The van der Waals surface area contributed by atoms with Crippen molar-refractivity contribution in [3.05, 3.63) is 0 Å². The Balaban J connectivity index is 1.12. The smallest absolute Gasteiger partial charge is 0.237 e. The monoisotopic (exact) mass is 444 g/mol. The lowest BCUT2D eigenvalue weighted by Gasteiger charge is -2.43. The van der Waals surface area contributed by atoms with E-state index in [-0.39, 0.29) is 17.9 Å². The van der Waals surface area contributed by atoms with Gasteiger partial charge in [0, 0.05) is 44.2 Å². The third-order valence-electron chi connectivity index (χ3n) is 9.73. The average Bonchev–Trinajstić information content (AvgIpc) is 3.25. The predicted octanol–water partition coefficient (Wildman–Crippen LogP) is 2.63. The van der Waals surface area contributed by atoms with E-state index in [9.17, 15) is 9.59 Å². The number of carbonyl (C=O) groups excluding carboxylic acids is 2. The maximum Gasteiger partial charge on any atom is 0.237 e. The number of amides is 2. The van der Waals surface area contributed by atoms with E-state index < -0.39 is 0 Å². The number of hydrogen-bond acceptors (Lipinski definition) is 4. The molecule has 5 fully saturated rings. The van der Waals surface area contributed by atoms with Crippen molar-refractivity contribution < 1.29 is 9.59 Å². The molecular weight excluding hydrogens is 400 g/mol. The van der Waals surface area contributed by atoms with Gasteiger partial charge in [-0.3, -0.25) is 9.59 Å². The summed E-state index contributed by atoms with van der Waals surface area (Å²) >= 11 is 0. The Morgan fingerprint density at radius 1 is 0.844 bits per heavy atom. The van der Waals surface area contributed by atoms with E-state index in [1.807, 2.05) is 0 Å². The highest BCUT2D eigenvalue weighted by atomic mass is 16.2. The Kier molecular flexibility index (Phi) is 6.80. The maximum atomic E-state index is 13.1. The highest BCUT2D eigenvalue weighted by Crippen LogP contribution is 2.43. The van der Waals surface area contributed by atoms with Crippen LogP contribution in [0.4, 0.5) is 0 Å². The maximum absolute atomic E-state index is 13.1. The van der Waals surface area contributed by atoms with Crippen molar-refractivity contribution in [3.63, 3.8) is 0 Å². The van der Waals surface area contributed by atoms with E-state index >= 15 is 0 Å². The lowest BCUT2D eigenvalue weighted by Crippen LogP contribution is -2.51. The van der Waals surface area contributed by atoms with Crippen LogP contribution in [0.25, 0.3) is 0 Å². The molecule has 3 saturated carbocycles. The van der Waals surface area contributed by atoms with Gasteiger partial charge in [0.1, 0.15) is 0 Å². The van der Waals surface area contributed by atoms with Gasteiger partial charge in [-0.1, -0.05) is 13.3 Å². The van der Waals surface area contributed by atoms with Crippen molar-refractivity contribution in [1.29, 1.82) is 0 Å². The van der Waals surface area contributed by atoms with E-state index in [1.54, 1.807) is 0 Å². The number of nitrogens with one attached hydrogen (secondary N) is 2. The molecule has 8 atom stereocenters. The van der Waals surface area contributed by atoms with E-state index in [0.717, 1.165) is 64.2 Å². The number of nitrogens with zero attached hydrogens (tertiary/aromatic N) is 2. The van der Waals surface area contributed by atoms with Crippen LogP contribution in [0.15, 0.2) is 0 Å². The van der Waals surface area contributed by atoms with E-state index in [1.165, 1.54) is 32.1 Å². The van der Waals surface area contributed by atoms with Crippen LogP contribution in [0.2, 0.25) is 0 Å². The van der Waals surface area contributed by atoms with Crippen LogP contribution in [0.1, 0.15) is 71.1 Å². The van der Waals surface area contributed by atoms with E-state index in [2.05, 4.69) is 34.4 Å². The summed E-state index contributed by atoms with van der Waals surface area (Å²) in [6.07, 6.45) is 11.6. The Morgan fingerprint density at radius 2 is 1.62 bits per heavy atom. The zero-order valence-corrected chi connectivity index (χ0v) is 20.2. The van der Waals surface area contributed by atoms with Gasteiger partial charge in [-0.25, -0.2) is 0 Å². The minimum atomic E-state index is 0.00110. The van der Waals surface area contributed by atoms with Crippen molar-refractivity contribution in [3.8, 4) is 0 Å². The molecule has 8 unspecified atom stereocenters. The van der Waals surface area contributed by atoms with Crippen molar-refractivity contribution in [2.75, 3.05) is 33.2 Å². The third-order valence-corrected chi connectivity index (χ3v) is 9.73. The Labute approximate surface area is 194 Å². The molecule has 6 heteroatoms. The van der Waals surface area contributed by atoms with Crippen molar-refractivity contribution in [2.24, 2.45) is 29.6 Å². The molecule has 0 bridgehead atoms. The van der Waals surface area contributed by atoms with Gasteiger partial charge < -0.3 is 20.4 Å². The van der Waals surface area contributed by atoms with Gasteiger partial charge in [-0.05, 0) is 88.5 Å². The number of hydrogen-bond donors (Lipinski definition) is 2. The molecule has 2 amide bonds. The van der Waals surface area contributed by atoms with E-state index in [0.29, 0.717) is 35.7 Å². The van der Waals surface area contributed by atoms with Crippen LogP contribution in [0.3, 0.4) is 0 Å². The van der Waals surface area contributed by atoms with E-state index in [4.69, 9.17) is 0 Å². The first-order valence-corrected chi connectivity index (χ1v) is 13.5. The van der Waals surface area contributed by atoms with Crippen LogP contribution < -0.4 is 10.6 Å². The summed E-state index contributed by atoms with van der Waals surface area (Å²) in [5.74, 6) is 3.57. The second kappa shape index (κ2) is 9.61. The number of likely N-dealkylation sites (N-methyl/N-ethyl adjacent to an activating group) is 1. The predicted molar refractivity (Wildman–Crippen MR) is 126 cm³/mol. The molecule has 180 valence electrons. The highest BCUT2D eigenvalue weighted by molar-refractivity contribution is 5.82. The van der Waals surface area contributed by atoms with Crippen molar-refractivity contribution in [1.82, 2.24) is 20.4 Å². The summed E-state index contributed by atoms with van der Waals surface area (Å²) in [6.45, 7) is 6.10. The third kappa shape index (κ3) is 4.72. The standard InChI is InChI=1S/C26H44N4O2/c1-17-4-3-5-19-16-23(28-24(17)19)25(31)27-22-9-8-18-6-7-20(14-21(18)15-22)26(32)30-12-10-29(2)11-13-30/h17-24,28H,3-16H2,1-2H3,(H,27,31). The summed E-state index contributed by atoms with van der Waals surface area (Å²) < 4.78 is 0. The number of fused-ring (bicyclic) bond motifs is 2. The van der Waals surface area contributed by atoms with Gasteiger partial charge in [0.2, 0.25) is 11.8 Å². The highest BCUT2D eigenvalue weighted by Gasteiger charge is 2.43. The van der Waals surface area contributed by atoms with Gasteiger partial charge in [0.25, 0.3) is 0 Å². The summed E-state index contributed by atoms with van der Waals surface area (Å²) in [5.41, 5.74) is 0. The Bertz CT molecular complexity index is 691. The molecule has 2 saturated heterocycles. The number of rotatable bonds is 3. The number of carbonyl (C=O) groups is 2. The van der Waals surface area contributed by atoms with Crippen molar-refractivity contribution in [2.45, 2.75) is 89.3 Å². The first kappa shape index (κ1) is 22.6. The van der Waals surface area contributed by atoms with Crippen LogP contribution >= 0.6 is 0 Å². The molecule has 2 heterocycles. The first-order valence-electron chi connectivity index (χ1n) is 13.5. The zero-order valence-electron chi connectivity index (χ0n) is 20.2. The molecule has 0 aromatic heterocycles. The van der Waals surface area contributed by atoms with Gasteiger partial charge >= 0.3 is 0 Å².